The average Bonchev–Trinajstić information content (AvgIpc) is 2.72. The Morgan fingerprint density at radius 1 is 0.690 bits per heavy atom. The molecular formula is C24H49NO4. The number of unbranched alkanes of at least 4 members (excludes halogenated alkanes) is 10. The lowest BCUT2D eigenvalue weighted by Crippen LogP contribution is -2.33. The highest BCUT2D eigenvalue weighted by Gasteiger charge is 2.12. The molecule has 0 heterocycles. The molecule has 5 nitrogen and oxygen atoms in total. The first-order valence-electron chi connectivity index (χ1n) is 12.3. The molecule has 0 saturated heterocycles. The van der Waals surface area contributed by atoms with Crippen molar-refractivity contribution in [2.24, 2.45) is 0 Å². The lowest BCUT2D eigenvalue weighted by Gasteiger charge is -2.22. The molecular weight excluding hydrogens is 366 g/mol. The van der Waals surface area contributed by atoms with Crippen LogP contribution in [-0.4, -0.2) is 58.5 Å². The van der Waals surface area contributed by atoms with Crippen LogP contribution < -0.4 is 0 Å². The van der Waals surface area contributed by atoms with Crippen LogP contribution in [0.3, 0.4) is 0 Å². The van der Waals surface area contributed by atoms with E-state index in [1.165, 1.54) is 51.4 Å². The van der Waals surface area contributed by atoms with Crippen molar-refractivity contribution in [1.82, 2.24) is 4.90 Å². The number of nitrogens with zero attached hydrogens (tertiary/aromatic N) is 1. The maximum atomic E-state index is 12.3. The van der Waals surface area contributed by atoms with Gasteiger partial charge in [0.15, 0.2) is 0 Å². The Kier molecular flexibility index (Phi) is 21.6. The van der Waals surface area contributed by atoms with Crippen molar-refractivity contribution in [3.8, 4) is 0 Å². The average molecular weight is 416 g/mol. The molecule has 0 aliphatic carbocycles. The van der Waals surface area contributed by atoms with Gasteiger partial charge in [0, 0.05) is 32.7 Å². The van der Waals surface area contributed by atoms with E-state index in [2.05, 4.69) is 6.92 Å². The van der Waals surface area contributed by atoms with E-state index in [0.29, 0.717) is 32.4 Å². The lowest BCUT2D eigenvalue weighted by atomic mass is 10.0. The van der Waals surface area contributed by atoms with Crippen LogP contribution in [0.4, 0.5) is 0 Å². The van der Waals surface area contributed by atoms with Gasteiger partial charge in [-0.25, -0.2) is 0 Å². The van der Waals surface area contributed by atoms with Crippen molar-refractivity contribution in [3.63, 3.8) is 0 Å². The lowest BCUT2D eigenvalue weighted by molar-refractivity contribution is -0.131. The van der Waals surface area contributed by atoms with Gasteiger partial charge in [-0.15, -0.1) is 0 Å². The third-order valence-corrected chi connectivity index (χ3v) is 5.59. The highest BCUT2D eigenvalue weighted by atomic mass is 16.3. The first kappa shape index (κ1) is 28.4. The summed E-state index contributed by atoms with van der Waals surface area (Å²) in [7, 11) is 0. The summed E-state index contributed by atoms with van der Waals surface area (Å²) in [6, 6.07) is 0. The molecule has 1 amide bonds. The van der Waals surface area contributed by atoms with E-state index < -0.39 is 0 Å². The van der Waals surface area contributed by atoms with Crippen LogP contribution >= 0.6 is 0 Å². The second kappa shape index (κ2) is 22.0. The summed E-state index contributed by atoms with van der Waals surface area (Å²) in [6.07, 6.45) is 17.8. The van der Waals surface area contributed by atoms with Crippen LogP contribution in [0.25, 0.3) is 0 Å². The maximum Gasteiger partial charge on any atom is 0.222 e. The first-order valence-corrected chi connectivity index (χ1v) is 12.3. The van der Waals surface area contributed by atoms with Crippen molar-refractivity contribution < 1.29 is 20.1 Å². The maximum absolute atomic E-state index is 12.3. The van der Waals surface area contributed by atoms with E-state index >= 15 is 0 Å². The Morgan fingerprint density at radius 2 is 1.14 bits per heavy atom. The van der Waals surface area contributed by atoms with Crippen molar-refractivity contribution in [2.75, 3.05) is 26.3 Å². The minimum Gasteiger partial charge on any atom is -0.396 e. The van der Waals surface area contributed by atoms with Crippen molar-refractivity contribution in [3.05, 3.63) is 0 Å². The summed E-state index contributed by atoms with van der Waals surface area (Å²) in [5.41, 5.74) is 0. The van der Waals surface area contributed by atoms with Gasteiger partial charge in [-0.1, -0.05) is 77.6 Å². The molecule has 0 fully saturated rings. The van der Waals surface area contributed by atoms with E-state index in [1.807, 2.05) is 0 Å². The molecule has 0 aromatic heterocycles. The molecule has 0 aliphatic rings. The number of amides is 1. The molecule has 5 heteroatoms. The van der Waals surface area contributed by atoms with Crippen LogP contribution in [0.1, 0.15) is 116 Å². The van der Waals surface area contributed by atoms with E-state index in [1.54, 1.807) is 4.90 Å². The summed E-state index contributed by atoms with van der Waals surface area (Å²) in [5, 5.41) is 27.9. The second-order valence-corrected chi connectivity index (χ2v) is 8.41. The molecule has 0 radical (unpaired) electrons. The normalized spacial score (nSPS) is 12.3. The number of carbonyl (C=O) groups is 1. The zero-order valence-corrected chi connectivity index (χ0v) is 19.1. The molecule has 0 aromatic rings. The minimum absolute atomic E-state index is 0.0980. The number of rotatable bonds is 22. The zero-order valence-electron chi connectivity index (χ0n) is 19.1. The molecule has 0 aliphatic heterocycles. The van der Waals surface area contributed by atoms with E-state index in [-0.39, 0.29) is 25.2 Å². The summed E-state index contributed by atoms with van der Waals surface area (Å²) in [4.78, 5) is 14.0. The molecule has 174 valence electrons. The summed E-state index contributed by atoms with van der Waals surface area (Å²) in [5.74, 6) is 0.153. The van der Waals surface area contributed by atoms with Crippen LogP contribution in [0, 0.1) is 0 Å². The van der Waals surface area contributed by atoms with E-state index in [9.17, 15) is 9.90 Å². The molecule has 0 rings (SSSR count). The summed E-state index contributed by atoms with van der Waals surface area (Å²) >= 11 is 0. The van der Waals surface area contributed by atoms with Crippen molar-refractivity contribution >= 4 is 5.91 Å². The van der Waals surface area contributed by atoms with Crippen LogP contribution in [0.15, 0.2) is 0 Å². The molecule has 0 spiro atoms. The molecule has 1 atom stereocenters. The van der Waals surface area contributed by atoms with Crippen LogP contribution in [0.2, 0.25) is 0 Å². The summed E-state index contributed by atoms with van der Waals surface area (Å²) in [6.45, 7) is 3.58. The van der Waals surface area contributed by atoms with Gasteiger partial charge in [-0.3, -0.25) is 4.79 Å². The Labute approximate surface area is 179 Å². The van der Waals surface area contributed by atoms with Gasteiger partial charge < -0.3 is 20.2 Å². The topological polar surface area (TPSA) is 81.0 Å². The van der Waals surface area contributed by atoms with Gasteiger partial charge in [-0.05, 0) is 32.1 Å². The fourth-order valence-electron chi connectivity index (χ4n) is 3.71. The van der Waals surface area contributed by atoms with Gasteiger partial charge in [0.2, 0.25) is 5.91 Å². The molecule has 0 bridgehead atoms. The standard InChI is InChI=1S/C24H49NO4/c1-2-3-4-11-16-23(28)17-12-9-7-5-6-8-10-13-18-24(29)25(19-14-21-26)20-15-22-27/h23,26-28H,2-22H2,1H3. The Balaban J connectivity index is 3.51. The van der Waals surface area contributed by atoms with Crippen molar-refractivity contribution in [2.45, 2.75) is 122 Å². The highest BCUT2D eigenvalue weighted by Crippen LogP contribution is 2.14. The van der Waals surface area contributed by atoms with Gasteiger partial charge in [0.05, 0.1) is 6.10 Å². The van der Waals surface area contributed by atoms with Gasteiger partial charge in [-0.2, -0.15) is 0 Å². The first-order chi connectivity index (χ1) is 14.2. The predicted molar refractivity (Wildman–Crippen MR) is 121 cm³/mol. The molecule has 0 saturated carbocycles. The number of hydrogen-bond acceptors (Lipinski definition) is 4. The van der Waals surface area contributed by atoms with Gasteiger partial charge in [0.1, 0.15) is 0 Å². The molecule has 29 heavy (non-hydrogen) atoms. The quantitative estimate of drug-likeness (QED) is 0.222. The van der Waals surface area contributed by atoms with Crippen LogP contribution in [0.5, 0.6) is 0 Å². The number of carbonyl (C=O) groups excluding carboxylic acids is 1. The van der Waals surface area contributed by atoms with Crippen LogP contribution in [-0.2, 0) is 4.79 Å². The minimum atomic E-state index is -0.0984. The smallest absolute Gasteiger partial charge is 0.222 e. The van der Waals surface area contributed by atoms with E-state index in [4.69, 9.17) is 10.2 Å². The molecule has 3 N–H and O–H groups in total. The fourth-order valence-corrected chi connectivity index (χ4v) is 3.71. The number of aliphatic hydroxyl groups is 3. The van der Waals surface area contributed by atoms with E-state index in [0.717, 1.165) is 38.5 Å². The zero-order chi connectivity index (χ0) is 21.6. The Bertz CT molecular complexity index is 344. The largest absolute Gasteiger partial charge is 0.396 e. The SMILES string of the molecule is CCCCCCC(O)CCCCCCCCCCC(=O)N(CCCO)CCCO. The highest BCUT2D eigenvalue weighted by molar-refractivity contribution is 5.76. The number of aliphatic hydroxyl groups excluding tert-OH is 3. The van der Waals surface area contributed by atoms with Gasteiger partial charge in [0.25, 0.3) is 0 Å². The van der Waals surface area contributed by atoms with Gasteiger partial charge >= 0.3 is 0 Å². The molecule has 0 aromatic carbocycles. The second-order valence-electron chi connectivity index (χ2n) is 8.41. The Morgan fingerprint density at radius 3 is 1.62 bits per heavy atom. The third kappa shape index (κ3) is 19.1. The fraction of sp³-hybridized carbons (Fsp3) is 0.958. The summed E-state index contributed by atoms with van der Waals surface area (Å²) < 4.78 is 0. The third-order valence-electron chi connectivity index (χ3n) is 5.59. The van der Waals surface area contributed by atoms with Crippen molar-refractivity contribution in [1.29, 1.82) is 0 Å². The monoisotopic (exact) mass is 415 g/mol. The predicted octanol–water partition coefficient (Wildman–Crippen LogP) is 4.81. The molecule has 1 unspecified atom stereocenters. The Hall–Kier alpha value is -0.650. The number of hydrogen-bond donors (Lipinski definition) is 3.